The molecule has 1 aliphatic heterocycles. The molecule has 1 saturated heterocycles. The number of ether oxygens (including phenoxy) is 1. The van der Waals surface area contributed by atoms with Gasteiger partial charge in [0, 0.05) is 0 Å². The predicted molar refractivity (Wildman–Crippen MR) is 33.4 cm³/mol. The predicted octanol–water partition coefficient (Wildman–Crippen LogP) is -0.356. The zero-order valence-electron chi connectivity index (χ0n) is 5.57. The Morgan fingerprint density at radius 1 is 1.80 bits per heavy atom. The standard InChI is InChI=1S/C7H8O3/c1-7-5(9)3-2-4(8)6(7)10-7/h2-4,6,8H,1H3. The van der Waals surface area contributed by atoms with E-state index in [-0.39, 0.29) is 11.9 Å². The first-order chi connectivity index (χ1) is 4.64. The molecule has 0 spiro atoms. The summed E-state index contributed by atoms with van der Waals surface area (Å²) >= 11 is 0. The number of rotatable bonds is 0. The molecule has 1 N–H and O–H groups in total. The number of hydrogen-bond acceptors (Lipinski definition) is 3. The Bertz CT molecular complexity index is 221. The van der Waals surface area contributed by atoms with E-state index in [4.69, 9.17) is 9.84 Å². The second-order valence-electron chi connectivity index (χ2n) is 2.86. The zero-order chi connectivity index (χ0) is 7.35. The minimum absolute atomic E-state index is 0.0391. The fourth-order valence-corrected chi connectivity index (χ4v) is 1.28. The summed E-state index contributed by atoms with van der Waals surface area (Å²) in [6, 6.07) is 0. The van der Waals surface area contributed by atoms with Crippen LogP contribution in [-0.2, 0) is 9.53 Å². The van der Waals surface area contributed by atoms with E-state index in [0.29, 0.717) is 0 Å². The van der Waals surface area contributed by atoms with E-state index in [1.165, 1.54) is 12.2 Å². The first-order valence-corrected chi connectivity index (χ1v) is 3.23. The van der Waals surface area contributed by atoms with Crippen molar-refractivity contribution in [2.45, 2.75) is 24.7 Å². The number of hydrogen-bond donors (Lipinski definition) is 1. The van der Waals surface area contributed by atoms with Crippen molar-refractivity contribution in [1.29, 1.82) is 0 Å². The number of fused-ring (bicyclic) bond motifs is 1. The molecule has 1 fully saturated rings. The van der Waals surface area contributed by atoms with Crippen LogP contribution in [0.2, 0.25) is 0 Å². The lowest BCUT2D eigenvalue weighted by Gasteiger charge is -2.08. The molecule has 3 atom stereocenters. The van der Waals surface area contributed by atoms with Crippen molar-refractivity contribution >= 4 is 5.78 Å². The molecular weight excluding hydrogens is 132 g/mol. The average Bonchev–Trinajstić information content (AvgIpc) is 2.56. The highest BCUT2D eigenvalue weighted by Crippen LogP contribution is 2.42. The number of epoxide rings is 1. The molecule has 0 bridgehead atoms. The number of carbonyl (C=O) groups is 1. The highest BCUT2D eigenvalue weighted by molar-refractivity contribution is 6.00. The second-order valence-corrected chi connectivity index (χ2v) is 2.86. The van der Waals surface area contributed by atoms with Crippen molar-refractivity contribution in [1.82, 2.24) is 0 Å². The minimum atomic E-state index is -0.700. The van der Waals surface area contributed by atoms with Gasteiger partial charge in [-0.15, -0.1) is 0 Å². The van der Waals surface area contributed by atoms with Gasteiger partial charge in [0.15, 0.2) is 11.4 Å². The van der Waals surface area contributed by atoms with Gasteiger partial charge in [0.2, 0.25) is 0 Å². The van der Waals surface area contributed by atoms with Gasteiger partial charge in [0.05, 0.1) is 0 Å². The Kier molecular flexibility index (Phi) is 0.904. The number of ketones is 1. The lowest BCUT2D eigenvalue weighted by molar-refractivity contribution is -0.119. The summed E-state index contributed by atoms with van der Waals surface area (Å²) in [5, 5.41) is 9.14. The maximum absolute atomic E-state index is 11.0. The molecule has 3 heteroatoms. The summed E-state index contributed by atoms with van der Waals surface area (Å²) in [6.45, 7) is 1.70. The van der Waals surface area contributed by atoms with Gasteiger partial charge in [-0.1, -0.05) is 0 Å². The third kappa shape index (κ3) is 0.540. The van der Waals surface area contributed by atoms with Gasteiger partial charge in [0.25, 0.3) is 0 Å². The average molecular weight is 140 g/mol. The summed E-state index contributed by atoms with van der Waals surface area (Å²) < 4.78 is 5.03. The highest BCUT2D eigenvalue weighted by Gasteiger charge is 2.61. The van der Waals surface area contributed by atoms with E-state index in [2.05, 4.69) is 0 Å². The van der Waals surface area contributed by atoms with Crippen molar-refractivity contribution in [2.24, 2.45) is 0 Å². The fourth-order valence-electron chi connectivity index (χ4n) is 1.28. The Morgan fingerprint density at radius 2 is 2.50 bits per heavy atom. The Morgan fingerprint density at radius 3 is 3.10 bits per heavy atom. The first-order valence-electron chi connectivity index (χ1n) is 3.23. The fraction of sp³-hybridized carbons (Fsp3) is 0.571. The Labute approximate surface area is 58.3 Å². The molecule has 10 heavy (non-hydrogen) atoms. The van der Waals surface area contributed by atoms with Crippen LogP contribution in [0.4, 0.5) is 0 Å². The second kappa shape index (κ2) is 1.49. The van der Waals surface area contributed by atoms with E-state index in [9.17, 15) is 4.79 Å². The van der Waals surface area contributed by atoms with Crippen molar-refractivity contribution in [3.63, 3.8) is 0 Å². The smallest absolute Gasteiger partial charge is 0.189 e. The Hall–Kier alpha value is -0.670. The van der Waals surface area contributed by atoms with Crippen molar-refractivity contribution in [2.75, 3.05) is 0 Å². The molecule has 0 aromatic rings. The summed E-state index contributed by atoms with van der Waals surface area (Å²) in [6.07, 6.45) is 1.98. The molecule has 54 valence electrons. The molecule has 1 heterocycles. The molecule has 3 nitrogen and oxygen atoms in total. The molecule has 2 rings (SSSR count). The number of aliphatic hydroxyl groups is 1. The molecule has 0 amide bonds. The number of carbonyl (C=O) groups excluding carboxylic acids is 1. The van der Waals surface area contributed by atoms with E-state index in [1.54, 1.807) is 6.92 Å². The minimum Gasteiger partial charge on any atom is -0.386 e. The van der Waals surface area contributed by atoms with Crippen molar-refractivity contribution in [3.8, 4) is 0 Å². The van der Waals surface area contributed by atoms with Gasteiger partial charge < -0.3 is 9.84 Å². The van der Waals surface area contributed by atoms with Crippen LogP contribution in [0.25, 0.3) is 0 Å². The van der Waals surface area contributed by atoms with Gasteiger partial charge >= 0.3 is 0 Å². The topological polar surface area (TPSA) is 49.8 Å². The maximum Gasteiger partial charge on any atom is 0.189 e. The summed E-state index contributed by atoms with van der Waals surface area (Å²) in [5.74, 6) is -0.0391. The van der Waals surface area contributed by atoms with E-state index >= 15 is 0 Å². The summed E-state index contributed by atoms with van der Waals surface area (Å²) in [5.41, 5.74) is -0.700. The van der Waals surface area contributed by atoms with Crippen LogP contribution < -0.4 is 0 Å². The zero-order valence-corrected chi connectivity index (χ0v) is 5.57. The molecule has 1 aliphatic carbocycles. The highest BCUT2D eigenvalue weighted by atomic mass is 16.6. The molecule has 2 aliphatic rings. The van der Waals surface area contributed by atoms with E-state index in [0.717, 1.165) is 0 Å². The molecule has 0 aromatic carbocycles. The van der Waals surface area contributed by atoms with Crippen LogP contribution in [0.5, 0.6) is 0 Å². The number of aliphatic hydroxyl groups excluding tert-OH is 1. The van der Waals surface area contributed by atoms with Gasteiger partial charge in [0.1, 0.15) is 12.2 Å². The van der Waals surface area contributed by atoms with Crippen LogP contribution >= 0.6 is 0 Å². The van der Waals surface area contributed by atoms with Crippen LogP contribution in [0, 0.1) is 0 Å². The summed E-state index contributed by atoms with van der Waals surface area (Å²) in [7, 11) is 0. The van der Waals surface area contributed by atoms with Crippen molar-refractivity contribution in [3.05, 3.63) is 12.2 Å². The first kappa shape index (κ1) is 6.07. The van der Waals surface area contributed by atoms with E-state index in [1.807, 2.05) is 0 Å². The molecule has 0 aromatic heterocycles. The lowest BCUT2D eigenvalue weighted by Crippen LogP contribution is -2.31. The van der Waals surface area contributed by atoms with Crippen LogP contribution in [-0.4, -0.2) is 28.7 Å². The van der Waals surface area contributed by atoms with Crippen LogP contribution in [0.15, 0.2) is 12.2 Å². The largest absolute Gasteiger partial charge is 0.386 e. The SMILES string of the molecule is CC12OC1C(O)C=CC2=O. The maximum atomic E-state index is 11.0. The molecule has 0 radical (unpaired) electrons. The van der Waals surface area contributed by atoms with Crippen LogP contribution in [0.3, 0.4) is 0 Å². The third-order valence-electron chi connectivity index (χ3n) is 2.10. The van der Waals surface area contributed by atoms with Gasteiger partial charge in [-0.25, -0.2) is 0 Å². The van der Waals surface area contributed by atoms with Crippen LogP contribution in [0.1, 0.15) is 6.92 Å². The van der Waals surface area contributed by atoms with Gasteiger partial charge in [-0.05, 0) is 19.1 Å². The molecular formula is C7H8O3. The van der Waals surface area contributed by atoms with Crippen molar-refractivity contribution < 1.29 is 14.6 Å². The Balaban J connectivity index is 2.33. The quantitative estimate of drug-likeness (QED) is 0.467. The summed E-state index contributed by atoms with van der Waals surface area (Å²) in [4.78, 5) is 11.0. The third-order valence-corrected chi connectivity index (χ3v) is 2.10. The van der Waals surface area contributed by atoms with Gasteiger partial charge in [-0.2, -0.15) is 0 Å². The molecule has 0 saturated carbocycles. The lowest BCUT2D eigenvalue weighted by atomic mass is 9.93. The molecule has 3 unspecified atom stereocenters. The monoisotopic (exact) mass is 140 g/mol. The van der Waals surface area contributed by atoms with Gasteiger partial charge in [-0.3, -0.25) is 4.79 Å². The normalized spacial score (nSPS) is 50.8. The van der Waals surface area contributed by atoms with E-state index < -0.39 is 11.7 Å².